The largest absolute Gasteiger partial charge is 0.375 e. The van der Waals surface area contributed by atoms with Crippen molar-refractivity contribution in [3.8, 4) is 0 Å². The molecule has 1 amide bonds. The molecule has 2 saturated heterocycles. The molecule has 1 unspecified atom stereocenters. The van der Waals surface area contributed by atoms with Gasteiger partial charge in [-0.25, -0.2) is 0 Å². The van der Waals surface area contributed by atoms with Gasteiger partial charge >= 0.3 is 0 Å². The molecule has 2 fully saturated rings. The van der Waals surface area contributed by atoms with Crippen LogP contribution in [-0.2, 0) is 16.0 Å². The van der Waals surface area contributed by atoms with E-state index >= 15 is 0 Å². The summed E-state index contributed by atoms with van der Waals surface area (Å²) in [4.78, 5) is 29.5. The number of hydrogen-bond acceptors (Lipinski definition) is 4. The number of piperidine rings is 1. The van der Waals surface area contributed by atoms with Gasteiger partial charge in [0.05, 0.1) is 19.3 Å². The molecule has 0 spiro atoms. The molecule has 0 aliphatic carbocycles. The first kappa shape index (κ1) is 21.0. The molecule has 1 atom stereocenters. The highest BCUT2D eigenvalue weighted by Gasteiger charge is 2.28. The average molecular weight is 387 g/mol. The van der Waals surface area contributed by atoms with Gasteiger partial charge in [0, 0.05) is 24.6 Å². The number of rotatable bonds is 6. The van der Waals surface area contributed by atoms with Crippen LogP contribution in [0, 0.1) is 11.8 Å². The summed E-state index contributed by atoms with van der Waals surface area (Å²) in [6.07, 6.45) is 2.83. The summed E-state index contributed by atoms with van der Waals surface area (Å²) in [6, 6.07) is 8.14. The van der Waals surface area contributed by atoms with Gasteiger partial charge in [0.2, 0.25) is 5.91 Å². The number of ether oxygens (including phenoxy) is 1. The summed E-state index contributed by atoms with van der Waals surface area (Å²) >= 11 is 0. The van der Waals surface area contributed by atoms with Gasteiger partial charge in [-0.1, -0.05) is 38.1 Å². The minimum absolute atomic E-state index is 0.0747. The van der Waals surface area contributed by atoms with Gasteiger partial charge in [-0.3, -0.25) is 14.5 Å². The van der Waals surface area contributed by atoms with Crippen LogP contribution in [-0.4, -0.2) is 66.9 Å². The molecular weight excluding hydrogens is 352 g/mol. The third-order valence-corrected chi connectivity index (χ3v) is 5.79. The molecule has 0 saturated carbocycles. The Kier molecular flexibility index (Phi) is 7.24. The number of carbonyl (C=O) groups excluding carboxylic acids is 2. The summed E-state index contributed by atoms with van der Waals surface area (Å²) in [7, 11) is 0. The van der Waals surface area contributed by atoms with Crippen molar-refractivity contribution in [3.63, 3.8) is 0 Å². The number of amides is 1. The van der Waals surface area contributed by atoms with Crippen molar-refractivity contribution < 1.29 is 14.3 Å². The van der Waals surface area contributed by atoms with Crippen LogP contribution in [0.1, 0.15) is 49.5 Å². The molecular formula is C23H34N2O3. The number of hydrogen-bond donors (Lipinski definition) is 0. The number of Topliss-reactive ketones (excluding diaryl/α,β-unsaturated/α-hetero) is 1. The number of carbonyl (C=O) groups is 2. The number of nitrogens with zero attached hydrogens (tertiary/aromatic N) is 2. The van der Waals surface area contributed by atoms with E-state index in [9.17, 15) is 9.59 Å². The van der Waals surface area contributed by atoms with E-state index in [4.69, 9.17) is 4.74 Å². The lowest BCUT2D eigenvalue weighted by Gasteiger charge is -2.35. The molecule has 154 valence electrons. The molecule has 2 heterocycles. The van der Waals surface area contributed by atoms with Gasteiger partial charge in [-0.2, -0.15) is 0 Å². The van der Waals surface area contributed by atoms with Crippen molar-refractivity contribution in [2.75, 3.05) is 39.3 Å². The van der Waals surface area contributed by atoms with Crippen molar-refractivity contribution in [2.45, 2.75) is 46.1 Å². The van der Waals surface area contributed by atoms with Crippen molar-refractivity contribution >= 4 is 11.7 Å². The standard InChI is InChI=1S/C23H34N2O3/c1-17(2)14-19-4-6-20(7-5-19)23(27)21-8-10-24(11-9-21)16-22(26)25-12-13-28-18(3)15-25/h4-7,17-18,21H,8-16H2,1-3H3. The van der Waals surface area contributed by atoms with Crippen LogP contribution in [0.15, 0.2) is 24.3 Å². The summed E-state index contributed by atoms with van der Waals surface area (Å²) in [6.45, 7) is 10.5. The molecule has 1 aromatic carbocycles. The van der Waals surface area contributed by atoms with E-state index in [1.54, 1.807) is 0 Å². The van der Waals surface area contributed by atoms with Crippen LogP contribution < -0.4 is 0 Å². The topological polar surface area (TPSA) is 49.9 Å². The second kappa shape index (κ2) is 9.66. The fraction of sp³-hybridized carbons (Fsp3) is 0.652. The molecule has 3 rings (SSSR count). The lowest BCUT2D eigenvalue weighted by Crippen LogP contribution is -2.49. The van der Waals surface area contributed by atoms with Crippen molar-refractivity contribution in [2.24, 2.45) is 11.8 Å². The molecule has 5 heteroatoms. The summed E-state index contributed by atoms with van der Waals surface area (Å²) < 4.78 is 5.51. The van der Waals surface area contributed by atoms with Gasteiger partial charge in [0.1, 0.15) is 0 Å². The maximum absolute atomic E-state index is 12.8. The monoisotopic (exact) mass is 386 g/mol. The van der Waals surface area contributed by atoms with Crippen molar-refractivity contribution in [1.82, 2.24) is 9.80 Å². The number of likely N-dealkylation sites (tertiary alicyclic amines) is 1. The van der Waals surface area contributed by atoms with E-state index in [2.05, 4.69) is 30.9 Å². The van der Waals surface area contributed by atoms with E-state index in [-0.39, 0.29) is 23.7 Å². The van der Waals surface area contributed by atoms with E-state index < -0.39 is 0 Å². The van der Waals surface area contributed by atoms with Crippen molar-refractivity contribution in [1.29, 1.82) is 0 Å². The quantitative estimate of drug-likeness (QED) is 0.705. The minimum Gasteiger partial charge on any atom is -0.375 e. The molecule has 0 radical (unpaired) electrons. The summed E-state index contributed by atoms with van der Waals surface area (Å²) in [5, 5.41) is 0. The highest BCUT2D eigenvalue weighted by molar-refractivity contribution is 5.98. The number of ketones is 1. The van der Waals surface area contributed by atoms with Gasteiger partial charge in [0.15, 0.2) is 5.78 Å². The Bertz CT molecular complexity index is 663. The highest BCUT2D eigenvalue weighted by Crippen LogP contribution is 2.22. The fourth-order valence-corrected chi connectivity index (χ4v) is 4.20. The Hall–Kier alpha value is -1.72. The molecule has 0 bridgehead atoms. The molecule has 28 heavy (non-hydrogen) atoms. The first-order chi connectivity index (χ1) is 13.4. The molecule has 0 aromatic heterocycles. The third-order valence-electron chi connectivity index (χ3n) is 5.79. The Balaban J connectivity index is 1.46. The normalized spacial score (nSPS) is 21.9. The van der Waals surface area contributed by atoms with E-state index in [1.165, 1.54) is 5.56 Å². The van der Waals surface area contributed by atoms with Crippen LogP contribution in [0.3, 0.4) is 0 Å². The molecule has 2 aliphatic heterocycles. The summed E-state index contributed by atoms with van der Waals surface area (Å²) in [5.41, 5.74) is 2.11. The second-order valence-corrected chi connectivity index (χ2v) is 8.73. The molecule has 1 aromatic rings. The van der Waals surface area contributed by atoms with Gasteiger partial charge in [0.25, 0.3) is 0 Å². The second-order valence-electron chi connectivity index (χ2n) is 8.73. The van der Waals surface area contributed by atoms with E-state index in [0.717, 1.165) is 37.9 Å². The van der Waals surface area contributed by atoms with Crippen LogP contribution in [0.5, 0.6) is 0 Å². The lowest BCUT2D eigenvalue weighted by molar-refractivity contribution is -0.139. The van der Waals surface area contributed by atoms with Crippen LogP contribution in [0.2, 0.25) is 0 Å². The van der Waals surface area contributed by atoms with E-state index in [1.807, 2.05) is 24.0 Å². The van der Waals surface area contributed by atoms with Crippen LogP contribution in [0.4, 0.5) is 0 Å². The van der Waals surface area contributed by atoms with Gasteiger partial charge in [-0.05, 0) is 50.8 Å². The van der Waals surface area contributed by atoms with Crippen molar-refractivity contribution in [3.05, 3.63) is 35.4 Å². The predicted molar refractivity (Wildman–Crippen MR) is 110 cm³/mol. The zero-order valence-corrected chi connectivity index (χ0v) is 17.5. The van der Waals surface area contributed by atoms with E-state index in [0.29, 0.717) is 32.2 Å². The smallest absolute Gasteiger partial charge is 0.236 e. The fourth-order valence-electron chi connectivity index (χ4n) is 4.20. The number of benzene rings is 1. The predicted octanol–water partition coefficient (Wildman–Crippen LogP) is 3.03. The Labute approximate surface area is 169 Å². The van der Waals surface area contributed by atoms with Gasteiger partial charge < -0.3 is 9.64 Å². The summed E-state index contributed by atoms with van der Waals surface area (Å²) in [5.74, 6) is 1.13. The minimum atomic E-state index is 0.0747. The lowest BCUT2D eigenvalue weighted by atomic mass is 9.88. The third kappa shape index (κ3) is 5.65. The first-order valence-electron chi connectivity index (χ1n) is 10.7. The zero-order chi connectivity index (χ0) is 20.1. The zero-order valence-electron chi connectivity index (χ0n) is 17.5. The molecule has 5 nitrogen and oxygen atoms in total. The first-order valence-corrected chi connectivity index (χ1v) is 10.7. The molecule has 0 N–H and O–H groups in total. The van der Waals surface area contributed by atoms with Crippen LogP contribution in [0.25, 0.3) is 0 Å². The Morgan fingerprint density at radius 2 is 1.79 bits per heavy atom. The SMILES string of the molecule is CC(C)Cc1ccc(C(=O)C2CCN(CC(=O)N3CCOC(C)C3)CC2)cc1. The number of morpholine rings is 1. The van der Waals surface area contributed by atoms with Gasteiger partial charge in [-0.15, -0.1) is 0 Å². The molecule has 2 aliphatic rings. The maximum Gasteiger partial charge on any atom is 0.236 e. The average Bonchev–Trinajstić information content (AvgIpc) is 2.68. The Morgan fingerprint density at radius 1 is 1.11 bits per heavy atom. The van der Waals surface area contributed by atoms with Crippen LogP contribution >= 0.6 is 0 Å². The highest BCUT2D eigenvalue weighted by atomic mass is 16.5. The Morgan fingerprint density at radius 3 is 2.39 bits per heavy atom. The maximum atomic E-state index is 12.8.